The molecule has 3 atom stereocenters. The zero-order valence-electron chi connectivity index (χ0n) is 29.4. The zero-order valence-corrected chi connectivity index (χ0v) is 29.4. The van der Waals surface area contributed by atoms with Crippen LogP contribution in [0.25, 0.3) is 67.1 Å². The summed E-state index contributed by atoms with van der Waals surface area (Å²) in [6.45, 7) is 4.63. The Kier molecular flexibility index (Phi) is 7.14. The lowest BCUT2D eigenvalue weighted by atomic mass is 9.62. The highest BCUT2D eigenvalue weighted by molar-refractivity contribution is 6.13. The maximum absolute atomic E-state index is 5.37. The summed E-state index contributed by atoms with van der Waals surface area (Å²) in [6.07, 6.45) is 16.8. The van der Waals surface area contributed by atoms with E-state index in [1.165, 1.54) is 38.5 Å². The summed E-state index contributed by atoms with van der Waals surface area (Å²) >= 11 is 0. The zero-order chi connectivity index (χ0) is 34.8. The molecule has 0 aliphatic heterocycles. The van der Waals surface area contributed by atoms with Crippen molar-refractivity contribution in [2.75, 3.05) is 0 Å². The second kappa shape index (κ2) is 12.1. The Morgan fingerprint density at radius 2 is 1.38 bits per heavy atom. The van der Waals surface area contributed by atoms with Crippen LogP contribution in [-0.4, -0.2) is 19.9 Å². The molecule has 3 aliphatic rings. The van der Waals surface area contributed by atoms with Gasteiger partial charge < -0.3 is 0 Å². The first-order chi connectivity index (χ1) is 25.5. The molecule has 4 heteroatoms. The Hall–Kier alpha value is -6.00. The molecule has 0 radical (unpaired) electrons. The molecular formula is C48H38N4. The van der Waals surface area contributed by atoms with Crippen LogP contribution in [0.1, 0.15) is 60.8 Å². The van der Waals surface area contributed by atoms with E-state index in [2.05, 4.69) is 153 Å². The summed E-state index contributed by atoms with van der Waals surface area (Å²) in [7, 11) is 0. The van der Waals surface area contributed by atoms with Crippen LogP contribution in [0.15, 0.2) is 140 Å². The number of hydrogen-bond donors (Lipinski definition) is 0. The number of benzene rings is 5. The van der Waals surface area contributed by atoms with Gasteiger partial charge in [0.25, 0.3) is 0 Å². The fraction of sp³-hybridized carbons (Fsp3) is 0.167. The van der Waals surface area contributed by atoms with Crippen molar-refractivity contribution in [3.63, 3.8) is 0 Å². The van der Waals surface area contributed by atoms with Gasteiger partial charge in [0, 0.05) is 40.1 Å². The molecule has 3 unspecified atom stereocenters. The van der Waals surface area contributed by atoms with Crippen molar-refractivity contribution in [3.8, 4) is 33.9 Å². The minimum absolute atomic E-state index is 0.0289. The van der Waals surface area contributed by atoms with Crippen molar-refractivity contribution in [3.05, 3.63) is 168 Å². The van der Waals surface area contributed by atoms with Gasteiger partial charge in [-0.15, -0.1) is 0 Å². The first-order valence-corrected chi connectivity index (χ1v) is 18.4. The summed E-state index contributed by atoms with van der Waals surface area (Å²) in [5, 5.41) is 4.71. The third-order valence-electron chi connectivity index (χ3n) is 11.4. The van der Waals surface area contributed by atoms with Crippen molar-refractivity contribution < 1.29 is 0 Å². The average Bonchev–Trinajstić information content (AvgIpc) is 3.19. The van der Waals surface area contributed by atoms with Gasteiger partial charge >= 0.3 is 0 Å². The van der Waals surface area contributed by atoms with Crippen LogP contribution in [0.5, 0.6) is 0 Å². The highest BCUT2D eigenvalue weighted by Crippen LogP contribution is 2.52. The van der Waals surface area contributed by atoms with Crippen LogP contribution < -0.4 is 0 Å². The van der Waals surface area contributed by atoms with Gasteiger partial charge in [0.1, 0.15) is 0 Å². The monoisotopic (exact) mass is 670 g/mol. The smallest absolute Gasteiger partial charge is 0.164 e. The predicted molar refractivity (Wildman–Crippen MR) is 214 cm³/mol. The third-order valence-corrected chi connectivity index (χ3v) is 11.4. The molecule has 5 aromatic carbocycles. The molecule has 2 heterocycles. The maximum atomic E-state index is 5.37. The van der Waals surface area contributed by atoms with Gasteiger partial charge in [-0.05, 0) is 86.5 Å². The SMILES string of the molecule is CC1C=Cc2cc(-c3ccc(-c4nc(C5=CC6(C)CCC=CC6c6ccccc65)nc(-c5cc6ccccc6c6ccccc56)n4)cc3)cnc2C1. The van der Waals surface area contributed by atoms with E-state index in [4.69, 9.17) is 19.9 Å². The van der Waals surface area contributed by atoms with Crippen LogP contribution in [0.3, 0.4) is 0 Å². The minimum atomic E-state index is -0.0289. The Morgan fingerprint density at radius 3 is 2.27 bits per heavy atom. The lowest BCUT2D eigenvalue weighted by molar-refractivity contribution is 0.335. The normalized spacial score (nSPS) is 20.3. The number of allylic oxidation sites excluding steroid dienone is 4. The molecule has 2 aromatic heterocycles. The van der Waals surface area contributed by atoms with Crippen LogP contribution in [0, 0.1) is 11.3 Å². The van der Waals surface area contributed by atoms with Gasteiger partial charge in [0.15, 0.2) is 17.5 Å². The molecule has 4 nitrogen and oxygen atoms in total. The summed E-state index contributed by atoms with van der Waals surface area (Å²) in [5.74, 6) is 2.91. The summed E-state index contributed by atoms with van der Waals surface area (Å²) < 4.78 is 0. The average molecular weight is 671 g/mol. The number of nitrogens with zero attached hydrogens (tertiary/aromatic N) is 4. The van der Waals surface area contributed by atoms with E-state index >= 15 is 0 Å². The quantitative estimate of drug-likeness (QED) is 0.138. The van der Waals surface area contributed by atoms with Crippen molar-refractivity contribution in [2.45, 2.75) is 39.0 Å². The van der Waals surface area contributed by atoms with E-state index in [1.54, 1.807) is 0 Å². The number of aromatic nitrogens is 4. The third kappa shape index (κ3) is 5.12. The topological polar surface area (TPSA) is 51.6 Å². The summed E-state index contributed by atoms with van der Waals surface area (Å²) in [4.78, 5) is 20.8. The van der Waals surface area contributed by atoms with Crippen molar-refractivity contribution >= 4 is 33.2 Å². The first kappa shape index (κ1) is 30.8. The van der Waals surface area contributed by atoms with Gasteiger partial charge in [0.2, 0.25) is 0 Å². The molecule has 250 valence electrons. The molecule has 0 saturated carbocycles. The van der Waals surface area contributed by atoms with Crippen molar-refractivity contribution in [2.24, 2.45) is 11.3 Å². The Bertz CT molecular complexity index is 2650. The molecule has 52 heavy (non-hydrogen) atoms. The lowest BCUT2D eigenvalue weighted by Crippen LogP contribution is -2.29. The van der Waals surface area contributed by atoms with Crippen molar-refractivity contribution in [1.29, 1.82) is 0 Å². The van der Waals surface area contributed by atoms with E-state index < -0.39 is 0 Å². The van der Waals surface area contributed by atoms with E-state index in [9.17, 15) is 0 Å². The highest BCUT2D eigenvalue weighted by atomic mass is 15.0. The maximum Gasteiger partial charge on any atom is 0.164 e. The van der Waals surface area contributed by atoms with Gasteiger partial charge in [-0.2, -0.15) is 0 Å². The molecule has 0 fully saturated rings. The van der Waals surface area contributed by atoms with E-state index in [0.717, 1.165) is 52.5 Å². The molecule has 0 N–H and O–H groups in total. The van der Waals surface area contributed by atoms with Crippen LogP contribution in [0.4, 0.5) is 0 Å². The molecule has 0 spiro atoms. The minimum Gasteiger partial charge on any atom is -0.260 e. The van der Waals surface area contributed by atoms with E-state index in [1.807, 2.05) is 6.20 Å². The van der Waals surface area contributed by atoms with Gasteiger partial charge in [-0.3, -0.25) is 4.98 Å². The Morgan fingerprint density at radius 1 is 0.654 bits per heavy atom. The van der Waals surface area contributed by atoms with Gasteiger partial charge in [0.05, 0.1) is 0 Å². The second-order valence-electron chi connectivity index (χ2n) is 15.0. The highest BCUT2D eigenvalue weighted by Gasteiger charge is 2.39. The molecule has 0 saturated heterocycles. The van der Waals surface area contributed by atoms with E-state index in [0.29, 0.717) is 29.3 Å². The van der Waals surface area contributed by atoms with Crippen LogP contribution in [-0.2, 0) is 6.42 Å². The molecule has 0 bridgehead atoms. The number of rotatable bonds is 4. The largest absolute Gasteiger partial charge is 0.260 e. The lowest BCUT2D eigenvalue weighted by Gasteiger charge is -2.41. The summed E-state index contributed by atoms with van der Waals surface area (Å²) in [5.41, 5.74) is 10.2. The Balaban J connectivity index is 1.16. The summed E-state index contributed by atoms with van der Waals surface area (Å²) in [6, 6.07) is 39.1. The molecule has 0 amide bonds. The predicted octanol–water partition coefficient (Wildman–Crippen LogP) is 11.7. The molecule has 10 rings (SSSR count). The molecule has 3 aliphatic carbocycles. The van der Waals surface area contributed by atoms with Crippen molar-refractivity contribution in [1.82, 2.24) is 19.9 Å². The number of pyridine rings is 1. The molecular weight excluding hydrogens is 633 g/mol. The fourth-order valence-electron chi connectivity index (χ4n) is 8.65. The van der Waals surface area contributed by atoms with Gasteiger partial charge in [-0.1, -0.05) is 141 Å². The number of fused-ring (bicyclic) bond motifs is 7. The van der Waals surface area contributed by atoms with Crippen LogP contribution >= 0.6 is 0 Å². The van der Waals surface area contributed by atoms with Gasteiger partial charge in [-0.25, -0.2) is 15.0 Å². The second-order valence-corrected chi connectivity index (χ2v) is 15.0. The molecule has 7 aromatic rings. The fourth-order valence-corrected chi connectivity index (χ4v) is 8.65. The number of hydrogen-bond acceptors (Lipinski definition) is 4. The first-order valence-electron chi connectivity index (χ1n) is 18.4. The standard InChI is InChI=1S/C48H38N4/c1-30-18-19-34-26-35(29-49-44(34)25-30)31-20-22-32(23-21-31)45-50-46(41-27-33-11-3-4-12-36(33)37-13-5-6-14-38(37)41)52-47(51-45)42-28-48(2)24-10-9-17-43(48)40-16-8-7-15-39(40)42/h3-9,11-23,26-30,43H,10,24-25H2,1-2H3. The van der Waals surface area contributed by atoms with E-state index in [-0.39, 0.29) is 5.41 Å². The Labute approximate surface area is 304 Å². The van der Waals surface area contributed by atoms with Crippen LogP contribution in [0.2, 0.25) is 0 Å².